The molecule has 0 saturated carbocycles. The Balaban J connectivity index is 1.44. The predicted molar refractivity (Wildman–Crippen MR) is 169 cm³/mol. The maximum absolute atomic E-state index is 12.5. The van der Waals surface area contributed by atoms with Gasteiger partial charge in [0.2, 0.25) is 0 Å². The molecular formula is C33H36N6O5. The lowest BCUT2D eigenvalue weighted by Gasteiger charge is -2.24. The topological polar surface area (TPSA) is 179 Å². The highest BCUT2D eigenvalue weighted by Crippen LogP contribution is 2.33. The molecular weight excluding hydrogens is 560 g/mol. The second-order valence-corrected chi connectivity index (χ2v) is 10.2. The summed E-state index contributed by atoms with van der Waals surface area (Å²) in [6.07, 6.45) is 1.21. The number of pyridine rings is 1. The van der Waals surface area contributed by atoms with Crippen molar-refractivity contribution in [2.24, 2.45) is 5.73 Å². The average molecular weight is 597 g/mol. The van der Waals surface area contributed by atoms with Crippen LogP contribution >= 0.6 is 0 Å². The van der Waals surface area contributed by atoms with Crippen molar-refractivity contribution in [2.45, 2.75) is 32.0 Å². The third kappa shape index (κ3) is 6.71. The molecule has 0 bridgehead atoms. The van der Waals surface area contributed by atoms with Gasteiger partial charge in [-0.25, -0.2) is 9.97 Å². The summed E-state index contributed by atoms with van der Waals surface area (Å²) in [5.74, 6) is 0.525. The summed E-state index contributed by atoms with van der Waals surface area (Å²) in [5, 5.41) is 36.6. The number of carbonyl (C=O) groups excluding carboxylic acids is 1. The number of imidazole rings is 1. The van der Waals surface area contributed by atoms with Crippen LogP contribution in [0.1, 0.15) is 40.1 Å². The van der Waals surface area contributed by atoms with E-state index in [0.29, 0.717) is 41.4 Å². The standard InChI is InChI=1S/C33H36N6O5/c1-2-24-22(17-35-27(19-41)30(42)20-7-4-3-5-8-20)9-6-10-26(24)37-28-25(31(34)43)18-36-33-29(28)38-32(39-33)21-11-13-23(14-12-21)44-16-15-40/h3-14,18,27,30,35,40-42H,2,15-17,19H2,1H3,(H2,34,43)(H2,36,37,38,39)/t27-,30-/m0/s1. The zero-order valence-corrected chi connectivity index (χ0v) is 24.3. The number of amides is 1. The Kier molecular flexibility index (Phi) is 9.82. The van der Waals surface area contributed by atoms with E-state index in [1.807, 2.05) is 67.6 Å². The summed E-state index contributed by atoms with van der Waals surface area (Å²) in [5.41, 5.74) is 11.5. The van der Waals surface area contributed by atoms with Crippen LogP contribution in [-0.4, -0.2) is 62.0 Å². The number of rotatable bonds is 14. The van der Waals surface area contributed by atoms with Gasteiger partial charge in [0.25, 0.3) is 5.91 Å². The van der Waals surface area contributed by atoms with E-state index in [9.17, 15) is 15.0 Å². The predicted octanol–water partition coefficient (Wildman–Crippen LogP) is 3.59. The van der Waals surface area contributed by atoms with Crippen LogP contribution in [0.5, 0.6) is 5.75 Å². The minimum atomic E-state index is -0.881. The van der Waals surface area contributed by atoms with Gasteiger partial charge >= 0.3 is 0 Å². The van der Waals surface area contributed by atoms with Crippen LogP contribution < -0.4 is 21.1 Å². The van der Waals surface area contributed by atoms with E-state index in [0.717, 1.165) is 27.9 Å². The number of nitrogens with two attached hydrogens (primary N) is 1. The van der Waals surface area contributed by atoms with Gasteiger partial charge in [0.1, 0.15) is 23.7 Å². The molecule has 228 valence electrons. The molecule has 44 heavy (non-hydrogen) atoms. The first kappa shape index (κ1) is 30.6. The molecule has 3 aromatic carbocycles. The summed E-state index contributed by atoms with van der Waals surface area (Å²) < 4.78 is 5.45. The molecule has 0 spiro atoms. The molecule has 11 heteroatoms. The number of ether oxygens (including phenoxy) is 1. The highest BCUT2D eigenvalue weighted by molar-refractivity contribution is 6.06. The number of anilines is 2. The molecule has 5 rings (SSSR count). The number of hydrogen-bond donors (Lipinski definition) is 7. The Morgan fingerprint density at radius 1 is 1.05 bits per heavy atom. The minimum absolute atomic E-state index is 0.0747. The van der Waals surface area contributed by atoms with Crippen molar-refractivity contribution in [2.75, 3.05) is 25.1 Å². The number of aromatic nitrogens is 3. The summed E-state index contributed by atoms with van der Waals surface area (Å²) in [4.78, 5) is 24.9. The van der Waals surface area contributed by atoms with Crippen molar-refractivity contribution in [1.29, 1.82) is 0 Å². The van der Waals surface area contributed by atoms with Gasteiger partial charge in [-0.05, 0) is 53.4 Å². The zero-order valence-electron chi connectivity index (χ0n) is 24.3. The maximum Gasteiger partial charge on any atom is 0.252 e. The summed E-state index contributed by atoms with van der Waals surface area (Å²) in [7, 11) is 0. The number of nitrogens with zero attached hydrogens (tertiary/aromatic N) is 2. The number of H-pyrrole nitrogens is 1. The molecule has 8 N–H and O–H groups in total. The van der Waals surface area contributed by atoms with Crippen LogP contribution in [-0.2, 0) is 13.0 Å². The van der Waals surface area contributed by atoms with Crippen LogP contribution in [0.25, 0.3) is 22.6 Å². The van der Waals surface area contributed by atoms with Gasteiger partial charge in [-0.3, -0.25) is 4.79 Å². The molecule has 2 aromatic heterocycles. The molecule has 0 aliphatic carbocycles. The van der Waals surface area contributed by atoms with Gasteiger partial charge < -0.3 is 41.4 Å². The molecule has 2 heterocycles. The number of benzene rings is 3. The van der Waals surface area contributed by atoms with Crippen LogP contribution in [0.3, 0.4) is 0 Å². The average Bonchev–Trinajstić information content (AvgIpc) is 3.50. The first-order valence-corrected chi connectivity index (χ1v) is 14.4. The zero-order chi connectivity index (χ0) is 31.1. The van der Waals surface area contributed by atoms with E-state index in [1.165, 1.54) is 6.20 Å². The van der Waals surface area contributed by atoms with Crippen molar-refractivity contribution < 1.29 is 24.9 Å². The van der Waals surface area contributed by atoms with E-state index in [-0.39, 0.29) is 25.4 Å². The van der Waals surface area contributed by atoms with Gasteiger partial charge in [-0.15, -0.1) is 0 Å². The summed E-state index contributed by atoms with van der Waals surface area (Å²) >= 11 is 0. The molecule has 0 fully saturated rings. The Bertz CT molecular complexity index is 1710. The Morgan fingerprint density at radius 2 is 1.82 bits per heavy atom. The molecule has 5 aromatic rings. The molecule has 0 unspecified atom stereocenters. The van der Waals surface area contributed by atoms with E-state index in [1.54, 1.807) is 12.1 Å². The smallest absolute Gasteiger partial charge is 0.252 e. The lowest BCUT2D eigenvalue weighted by molar-refractivity contribution is 0.0891. The Morgan fingerprint density at radius 3 is 2.50 bits per heavy atom. The van der Waals surface area contributed by atoms with Crippen molar-refractivity contribution in [3.05, 3.63) is 101 Å². The van der Waals surface area contributed by atoms with Crippen LogP contribution in [0.15, 0.2) is 79.0 Å². The Labute approximate surface area is 254 Å². The third-order valence-electron chi connectivity index (χ3n) is 7.43. The summed E-state index contributed by atoms with van der Waals surface area (Å²) in [6.45, 7) is 2.31. The Hall–Kier alpha value is -4.81. The van der Waals surface area contributed by atoms with Gasteiger partial charge in [-0.1, -0.05) is 49.4 Å². The normalized spacial score (nSPS) is 12.6. The monoisotopic (exact) mass is 596 g/mol. The largest absolute Gasteiger partial charge is 0.491 e. The quantitative estimate of drug-likeness (QED) is 0.101. The molecule has 1 amide bonds. The number of aromatic amines is 1. The fraction of sp³-hybridized carbons (Fsp3) is 0.242. The number of fused-ring (bicyclic) bond motifs is 1. The number of aliphatic hydroxyl groups excluding tert-OH is 3. The number of nitrogens with one attached hydrogen (secondary N) is 3. The van der Waals surface area contributed by atoms with E-state index in [4.69, 9.17) is 20.6 Å². The van der Waals surface area contributed by atoms with E-state index in [2.05, 4.69) is 20.6 Å². The molecule has 0 saturated heterocycles. The van der Waals surface area contributed by atoms with Crippen molar-refractivity contribution in [1.82, 2.24) is 20.3 Å². The first-order valence-electron chi connectivity index (χ1n) is 14.4. The molecule has 2 atom stereocenters. The highest BCUT2D eigenvalue weighted by atomic mass is 16.5. The fourth-order valence-electron chi connectivity index (χ4n) is 5.14. The van der Waals surface area contributed by atoms with E-state index >= 15 is 0 Å². The second-order valence-electron chi connectivity index (χ2n) is 10.2. The third-order valence-corrected chi connectivity index (χ3v) is 7.43. The molecule has 11 nitrogen and oxygen atoms in total. The molecule has 0 radical (unpaired) electrons. The lowest BCUT2D eigenvalue weighted by atomic mass is 10.00. The molecule has 0 aliphatic rings. The van der Waals surface area contributed by atoms with E-state index < -0.39 is 18.1 Å². The maximum atomic E-state index is 12.5. The van der Waals surface area contributed by atoms with Gasteiger partial charge in [-0.2, -0.15) is 0 Å². The second kappa shape index (κ2) is 14.1. The van der Waals surface area contributed by atoms with Crippen molar-refractivity contribution in [3.63, 3.8) is 0 Å². The van der Waals surface area contributed by atoms with Crippen LogP contribution in [0.4, 0.5) is 11.4 Å². The van der Waals surface area contributed by atoms with Gasteiger partial charge in [0.05, 0.1) is 36.6 Å². The van der Waals surface area contributed by atoms with Crippen LogP contribution in [0, 0.1) is 0 Å². The van der Waals surface area contributed by atoms with Crippen molar-refractivity contribution >= 4 is 28.4 Å². The minimum Gasteiger partial charge on any atom is -0.491 e. The summed E-state index contributed by atoms with van der Waals surface area (Å²) in [6, 6.07) is 21.7. The van der Waals surface area contributed by atoms with Gasteiger partial charge in [0, 0.05) is 24.0 Å². The number of hydrogen-bond acceptors (Lipinski definition) is 9. The number of primary amides is 1. The van der Waals surface area contributed by atoms with Gasteiger partial charge in [0.15, 0.2) is 5.65 Å². The first-order chi connectivity index (χ1) is 21.4. The fourth-order valence-corrected chi connectivity index (χ4v) is 5.14. The number of aliphatic hydroxyl groups is 3. The van der Waals surface area contributed by atoms with Crippen molar-refractivity contribution in [3.8, 4) is 17.1 Å². The SMILES string of the molecule is CCc1c(CN[C@@H](CO)[C@@H](O)c2ccccc2)cccc1Nc1c(C(N)=O)cnc2[nH]c(-c3ccc(OCCO)cc3)nc12. The van der Waals surface area contributed by atoms with Crippen LogP contribution in [0.2, 0.25) is 0 Å². The number of carbonyl (C=O) groups is 1. The molecule has 0 aliphatic heterocycles. The lowest BCUT2D eigenvalue weighted by Crippen LogP contribution is -2.37. The highest BCUT2D eigenvalue weighted by Gasteiger charge is 2.22.